The molecule has 0 fully saturated rings. The van der Waals surface area contributed by atoms with E-state index < -0.39 is 36.1 Å². The average molecular weight is 769 g/mol. The summed E-state index contributed by atoms with van der Waals surface area (Å²) in [4.78, 5) is 51.4. The smallest absolute Gasteiger partial charge is 0.341 e. The Morgan fingerprint density at radius 1 is 1.07 bits per heavy atom. The Bertz CT molecular complexity index is 1480. The quantitative estimate of drug-likeness (QED) is 0.192. The van der Waals surface area contributed by atoms with Crippen LogP contribution in [0.3, 0.4) is 0 Å². The molecule has 208 valence electrons. The molecule has 1 aromatic heterocycles. The Labute approximate surface area is 257 Å². The van der Waals surface area contributed by atoms with Crippen molar-refractivity contribution < 1.29 is 38.2 Å². The summed E-state index contributed by atoms with van der Waals surface area (Å²) >= 11 is 3.97. The molecule has 0 bridgehead atoms. The van der Waals surface area contributed by atoms with E-state index in [9.17, 15) is 19.2 Å². The molecule has 1 unspecified atom stereocenters. The van der Waals surface area contributed by atoms with Gasteiger partial charge in [-0.25, -0.2) is 4.79 Å². The highest BCUT2D eigenvalue weighted by Crippen LogP contribution is 2.35. The number of halogens is 2. The molecule has 0 saturated heterocycles. The number of aryl methyl sites for hydroxylation is 1. The Kier molecular flexibility index (Phi) is 9.66. The molecule has 2 N–H and O–H groups in total. The number of fused-ring (bicyclic) bond motifs is 1. The largest absolute Gasteiger partial charge is 0.497 e. The number of amides is 1. The first kappa shape index (κ1) is 29.8. The summed E-state index contributed by atoms with van der Waals surface area (Å²) in [5.74, 6) is -0.757. The maximum atomic E-state index is 13.9. The first-order valence-electron chi connectivity index (χ1n) is 12.4. The molecular formula is C29H25I2NO8. The first-order chi connectivity index (χ1) is 19.1. The molecule has 40 heavy (non-hydrogen) atoms. The number of aliphatic carboxylic acids is 1. The average Bonchev–Trinajstić information content (AvgIpc) is 3.31. The van der Waals surface area contributed by atoms with Crippen molar-refractivity contribution >= 4 is 74.7 Å². The monoisotopic (exact) mass is 769 g/mol. The lowest BCUT2D eigenvalue weighted by molar-refractivity contribution is -0.139. The zero-order chi connectivity index (χ0) is 29.0. The van der Waals surface area contributed by atoms with Gasteiger partial charge >= 0.3 is 5.97 Å². The number of nitrogens with one attached hydrogen (secondary N) is 1. The molecule has 9 nitrogen and oxygen atoms in total. The number of furan rings is 1. The zero-order valence-corrected chi connectivity index (χ0v) is 25.9. The van der Waals surface area contributed by atoms with Gasteiger partial charge in [-0.2, -0.15) is 0 Å². The molecule has 1 aliphatic carbocycles. The number of hydrogen-bond acceptors (Lipinski definition) is 7. The minimum Gasteiger partial charge on any atom is -0.497 e. The molecular weight excluding hydrogens is 744 g/mol. The number of carbonyl (C=O) groups excluding carboxylic acids is 3. The number of carbonyl (C=O) groups is 4. The summed E-state index contributed by atoms with van der Waals surface area (Å²) in [5.41, 5.74) is 0.968. The van der Waals surface area contributed by atoms with E-state index in [2.05, 4.69) is 5.32 Å². The SMILES string of the molecule is CCCCc1oc2c(c1C(=O)c1cc(I)c(OCC(=O)O)c(I)c1)C(=O)C(NC(=O)c1ccc(OC)cc1)C=C2. The van der Waals surface area contributed by atoms with Crippen LogP contribution in [0.4, 0.5) is 0 Å². The van der Waals surface area contributed by atoms with Gasteiger partial charge < -0.3 is 24.3 Å². The van der Waals surface area contributed by atoms with Crippen LogP contribution in [0.1, 0.15) is 67.9 Å². The molecule has 3 aromatic rings. The molecule has 1 amide bonds. The fraction of sp³-hybridized carbons (Fsp3) is 0.241. The highest BCUT2D eigenvalue weighted by molar-refractivity contribution is 14.1. The standard InChI is InChI=1S/C29H25I2NO8/c1-3-4-5-21-24(26(35)16-12-18(30)28(19(31)13-16)39-14-23(33)34)25-22(40-21)11-10-20(27(25)36)32-29(37)15-6-8-17(38-2)9-7-15/h6-13,20H,3-5,14H2,1-2H3,(H,32,37)(H,33,34). The van der Waals surface area contributed by atoms with Crippen molar-refractivity contribution in [2.75, 3.05) is 13.7 Å². The van der Waals surface area contributed by atoms with Crippen molar-refractivity contribution in [2.24, 2.45) is 0 Å². The van der Waals surface area contributed by atoms with Gasteiger partial charge in [0.1, 0.15) is 29.1 Å². The summed E-state index contributed by atoms with van der Waals surface area (Å²) in [6.07, 6.45) is 5.22. The van der Waals surface area contributed by atoms with Gasteiger partial charge in [0.2, 0.25) is 0 Å². The zero-order valence-electron chi connectivity index (χ0n) is 21.6. The van der Waals surface area contributed by atoms with Crippen LogP contribution < -0.4 is 14.8 Å². The van der Waals surface area contributed by atoms with Crippen LogP contribution in [0.2, 0.25) is 0 Å². The molecule has 4 rings (SSSR count). The van der Waals surface area contributed by atoms with Crippen LogP contribution in [0.5, 0.6) is 11.5 Å². The number of ketones is 2. The maximum Gasteiger partial charge on any atom is 0.341 e. The number of carboxylic acid groups (broad SMARTS) is 1. The number of unbranched alkanes of at least 4 members (excludes halogenated alkanes) is 1. The van der Waals surface area contributed by atoms with Crippen molar-refractivity contribution in [1.29, 1.82) is 0 Å². The molecule has 0 aliphatic heterocycles. The molecule has 1 atom stereocenters. The highest BCUT2D eigenvalue weighted by Gasteiger charge is 2.35. The number of Topliss-reactive ketones (excluding diaryl/α,β-unsaturated/α-hetero) is 1. The summed E-state index contributed by atoms with van der Waals surface area (Å²) in [7, 11) is 1.53. The van der Waals surface area contributed by atoms with Crippen LogP contribution in [0.15, 0.2) is 46.9 Å². The van der Waals surface area contributed by atoms with Gasteiger partial charge in [0.25, 0.3) is 5.91 Å². The minimum absolute atomic E-state index is 0.134. The second-order valence-corrected chi connectivity index (χ2v) is 11.3. The van der Waals surface area contributed by atoms with Gasteiger partial charge in [-0.15, -0.1) is 0 Å². The first-order valence-corrected chi connectivity index (χ1v) is 14.5. The van der Waals surface area contributed by atoms with Crippen LogP contribution in [0.25, 0.3) is 6.08 Å². The van der Waals surface area contributed by atoms with Gasteiger partial charge in [0, 0.05) is 17.5 Å². The van der Waals surface area contributed by atoms with Crippen LogP contribution in [0, 0.1) is 7.14 Å². The fourth-order valence-electron chi connectivity index (χ4n) is 4.23. The summed E-state index contributed by atoms with van der Waals surface area (Å²) < 4.78 is 17.6. The highest BCUT2D eigenvalue weighted by atomic mass is 127. The molecule has 11 heteroatoms. The van der Waals surface area contributed by atoms with Gasteiger partial charge in [-0.05, 0) is 94.1 Å². The number of hydrogen-bond donors (Lipinski definition) is 2. The molecule has 0 saturated carbocycles. The van der Waals surface area contributed by atoms with Crippen LogP contribution in [-0.4, -0.2) is 48.3 Å². The van der Waals surface area contributed by atoms with Gasteiger partial charge in [0.05, 0.1) is 25.4 Å². The van der Waals surface area contributed by atoms with Crippen LogP contribution in [-0.2, 0) is 11.2 Å². The second-order valence-electron chi connectivity index (χ2n) is 8.93. The lowest BCUT2D eigenvalue weighted by atomic mass is 9.89. The normalized spacial score (nSPS) is 14.0. The van der Waals surface area contributed by atoms with E-state index in [0.29, 0.717) is 41.9 Å². The number of rotatable bonds is 11. The lowest BCUT2D eigenvalue weighted by Crippen LogP contribution is -2.41. The molecule has 0 radical (unpaired) electrons. The third-order valence-corrected chi connectivity index (χ3v) is 7.80. The van der Waals surface area contributed by atoms with E-state index in [4.69, 9.17) is 19.0 Å². The minimum atomic E-state index is -1.11. The predicted molar refractivity (Wildman–Crippen MR) is 163 cm³/mol. The Hall–Kier alpha value is -3.20. The van der Waals surface area contributed by atoms with E-state index in [0.717, 1.165) is 12.8 Å². The van der Waals surface area contributed by atoms with E-state index in [1.165, 1.54) is 7.11 Å². The number of benzene rings is 2. The Morgan fingerprint density at radius 2 is 1.75 bits per heavy atom. The number of methoxy groups -OCH3 is 1. The van der Waals surface area contributed by atoms with Crippen molar-refractivity contribution in [3.8, 4) is 11.5 Å². The molecule has 1 aliphatic rings. The van der Waals surface area contributed by atoms with Crippen molar-refractivity contribution in [3.63, 3.8) is 0 Å². The Balaban J connectivity index is 1.68. The molecule has 0 spiro atoms. The van der Waals surface area contributed by atoms with E-state index in [1.807, 2.05) is 52.1 Å². The summed E-state index contributed by atoms with van der Waals surface area (Å²) in [5, 5.41) is 11.7. The van der Waals surface area contributed by atoms with E-state index >= 15 is 0 Å². The maximum absolute atomic E-state index is 13.9. The van der Waals surface area contributed by atoms with Gasteiger partial charge in [0.15, 0.2) is 18.2 Å². The van der Waals surface area contributed by atoms with Crippen molar-refractivity contribution in [2.45, 2.75) is 32.2 Å². The molecule has 2 aromatic carbocycles. The van der Waals surface area contributed by atoms with Gasteiger partial charge in [-0.1, -0.05) is 19.4 Å². The number of carboxylic acids is 1. The van der Waals surface area contributed by atoms with Crippen molar-refractivity contribution in [3.05, 3.63) is 83.4 Å². The van der Waals surface area contributed by atoms with E-state index in [1.54, 1.807) is 48.6 Å². The molecule has 1 heterocycles. The summed E-state index contributed by atoms with van der Waals surface area (Å²) in [6.45, 7) is 1.50. The van der Waals surface area contributed by atoms with Crippen LogP contribution >= 0.6 is 45.2 Å². The lowest BCUT2D eigenvalue weighted by Gasteiger charge is -2.18. The Morgan fingerprint density at radius 3 is 2.35 bits per heavy atom. The van der Waals surface area contributed by atoms with Crippen molar-refractivity contribution in [1.82, 2.24) is 5.32 Å². The third kappa shape index (κ3) is 6.40. The predicted octanol–water partition coefficient (Wildman–Crippen LogP) is 5.54. The summed E-state index contributed by atoms with van der Waals surface area (Å²) in [6, 6.07) is 8.70. The second kappa shape index (κ2) is 13.0. The topological polar surface area (TPSA) is 132 Å². The number of ether oxygens (including phenoxy) is 2. The third-order valence-electron chi connectivity index (χ3n) is 6.20. The van der Waals surface area contributed by atoms with E-state index in [-0.39, 0.29) is 16.9 Å². The van der Waals surface area contributed by atoms with Gasteiger partial charge in [-0.3, -0.25) is 14.4 Å². The fourth-order valence-corrected chi connectivity index (χ4v) is 6.31.